The maximum absolute atomic E-state index is 8.52. The minimum absolute atomic E-state index is 0.0595. The number of ether oxygens (including phenoxy) is 1. The molecule has 0 amide bonds. The molecule has 1 rings (SSSR count). The molecule has 0 aromatic carbocycles. The summed E-state index contributed by atoms with van der Waals surface area (Å²) in [6, 6.07) is 0. The van der Waals surface area contributed by atoms with Crippen LogP contribution in [0.2, 0.25) is 0 Å². The van der Waals surface area contributed by atoms with Crippen LogP contribution in [-0.2, 0) is 4.74 Å². The zero-order valence-electron chi connectivity index (χ0n) is 9.94. The van der Waals surface area contributed by atoms with Crippen molar-refractivity contribution in [2.45, 2.75) is 13.3 Å². The second-order valence-electron chi connectivity index (χ2n) is 3.49. The summed E-state index contributed by atoms with van der Waals surface area (Å²) in [5, 5.41) is 11.7. The van der Waals surface area contributed by atoms with Gasteiger partial charge in [0.1, 0.15) is 5.82 Å². The van der Waals surface area contributed by atoms with Gasteiger partial charge in [0.25, 0.3) is 0 Å². The summed E-state index contributed by atoms with van der Waals surface area (Å²) in [5.74, 6) is 6.38. The Kier molecular flexibility index (Phi) is 6.23. The number of nitrogens with one attached hydrogen (secondary N) is 2. The van der Waals surface area contributed by atoms with Gasteiger partial charge < -0.3 is 15.2 Å². The van der Waals surface area contributed by atoms with Crippen molar-refractivity contribution in [3.63, 3.8) is 0 Å². The van der Waals surface area contributed by atoms with E-state index in [4.69, 9.17) is 15.7 Å². The molecule has 0 radical (unpaired) electrons. The predicted molar refractivity (Wildman–Crippen MR) is 65.6 cm³/mol. The average molecular weight is 241 g/mol. The van der Waals surface area contributed by atoms with Crippen molar-refractivity contribution in [2.24, 2.45) is 5.84 Å². The molecule has 0 saturated heterocycles. The lowest BCUT2D eigenvalue weighted by Crippen LogP contribution is -2.14. The molecule has 0 saturated carbocycles. The number of nitrogens with two attached hydrogens (primary N) is 1. The van der Waals surface area contributed by atoms with Crippen molar-refractivity contribution >= 4 is 11.8 Å². The number of nitrogens with zero attached hydrogens (tertiary/aromatic N) is 2. The molecule has 5 N–H and O–H groups in total. The fraction of sp³-hybridized carbons (Fsp3) is 0.600. The van der Waals surface area contributed by atoms with E-state index in [-0.39, 0.29) is 6.61 Å². The summed E-state index contributed by atoms with van der Waals surface area (Å²) < 4.78 is 5.14. The second kappa shape index (κ2) is 7.77. The Labute approximate surface area is 100 Å². The number of hydrazine groups is 1. The van der Waals surface area contributed by atoms with Crippen LogP contribution in [0.5, 0.6) is 0 Å². The van der Waals surface area contributed by atoms with Gasteiger partial charge in [-0.15, -0.1) is 0 Å². The first kappa shape index (κ1) is 13.6. The summed E-state index contributed by atoms with van der Waals surface area (Å²) in [4.78, 5) is 8.17. The molecule has 7 heteroatoms. The number of nitrogen functional groups attached to an aromatic ring is 1. The molecule has 0 unspecified atom stereocenters. The molecule has 1 heterocycles. The van der Waals surface area contributed by atoms with Crippen LogP contribution in [-0.4, -0.2) is 41.4 Å². The Morgan fingerprint density at radius 2 is 2.29 bits per heavy atom. The molecule has 0 bridgehead atoms. The summed E-state index contributed by atoms with van der Waals surface area (Å²) in [6.07, 6.45) is 2.54. The van der Waals surface area contributed by atoms with E-state index in [9.17, 15) is 0 Å². The third kappa shape index (κ3) is 4.94. The summed E-state index contributed by atoms with van der Waals surface area (Å²) in [5.41, 5.74) is 3.36. The van der Waals surface area contributed by atoms with Crippen molar-refractivity contribution in [3.05, 3.63) is 11.8 Å². The van der Waals surface area contributed by atoms with Gasteiger partial charge in [0.05, 0.1) is 13.2 Å². The largest absolute Gasteiger partial charge is 0.394 e. The van der Waals surface area contributed by atoms with E-state index in [0.29, 0.717) is 19.2 Å². The number of aliphatic hydroxyl groups excluding tert-OH is 1. The lowest BCUT2D eigenvalue weighted by Gasteiger charge is -2.09. The zero-order chi connectivity index (χ0) is 12.5. The standard InChI is InChI=1S/C10H19N5O2/c1-8-7-13-10(15-11)14-9(8)12-3-2-5-17-6-4-16/h7,16H,2-6,11H2,1H3,(H2,12,13,14,15). The van der Waals surface area contributed by atoms with Gasteiger partial charge in [-0.2, -0.15) is 4.98 Å². The number of aryl methyl sites for hydroxylation is 1. The van der Waals surface area contributed by atoms with E-state index >= 15 is 0 Å². The molecule has 0 spiro atoms. The summed E-state index contributed by atoms with van der Waals surface area (Å²) in [7, 11) is 0. The van der Waals surface area contributed by atoms with E-state index in [1.54, 1.807) is 6.20 Å². The molecule has 0 aliphatic rings. The highest BCUT2D eigenvalue weighted by Crippen LogP contribution is 2.11. The number of aliphatic hydroxyl groups is 1. The maximum Gasteiger partial charge on any atom is 0.239 e. The first-order chi connectivity index (χ1) is 8.27. The van der Waals surface area contributed by atoms with Crippen LogP contribution in [0.25, 0.3) is 0 Å². The normalized spacial score (nSPS) is 10.3. The molecule has 1 aromatic heterocycles. The lowest BCUT2D eigenvalue weighted by molar-refractivity contribution is 0.0922. The first-order valence-corrected chi connectivity index (χ1v) is 5.50. The van der Waals surface area contributed by atoms with Crippen molar-refractivity contribution in [2.75, 3.05) is 37.1 Å². The number of anilines is 2. The Morgan fingerprint density at radius 3 is 3.00 bits per heavy atom. The van der Waals surface area contributed by atoms with Crippen molar-refractivity contribution in [1.82, 2.24) is 9.97 Å². The highest BCUT2D eigenvalue weighted by molar-refractivity contribution is 5.45. The van der Waals surface area contributed by atoms with E-state index in [2.05, 4.69) is 20.7 Å². The molecule has 1 aromatic rings. The van der Waals surface area contributed by atoms with Gasteiger partial charge in [-0.05, 0) is 13.3 Å². The number of rotatable bonds is 8. The fourth-order valence-electron chi connectivity index (χ4n) is 1.24. The fourth-order valence-corrected chi connectivity index (χ4v) is 1.24. The van der Waals surface area contributed by atoms with Gasteiger partial charge in [-0.1, -0.05) is 0 Å². The first-order valence-electron chi connectivity index (χ1n) is 5.50. The van der Waals surface area contributed by atoms with E-state index in [1.807, 2.05) is 6.92 Å². The quantitative estimate of drug-likeness (QED) is 0.286. The third-order valence-corrected chi connectivity index (χ3v) is 2.09. The molecular formula is C10H19N5O2. The molecule has 0 atom stereocenters. The smallest absolute Gasteiger partial charge is 0.239 e. The minimum atomic E-state index is 0.0595. The Balaban J connectivity index is 2.30. The van der Waals surface area contributed by atoms with Gasteiger partial charge in [0.15, 0.2) is 0 Å². The van der Waals surface area contributed by atoms with Crippen LogP contribution in [0.3, 0.4) is 0 Å². The monoisotopic (exact) mass is 241 g/mol. The summed E-state index contributed by atoms with van der Waals surface area (Å²) >= 11 is 0. The Hall–Kier alpha value is -1.44. The van der Waals surface area contributed by atoms with Crippen LogP contribution < -0.4 is 16.6 Å². The van der Waals surface area contributed by atoms with Crippen LogP contribution in [0.15, 0.2) is 6.20 Å². The van der Waals surface area contributed by atoms with Gasteiger partial charge in [0.2, 0.25) is 5.95 Å². The number of aromatic nitrogens is 2. The summed E-state index contributed by atoms with van der Waals surface area (Å²) in [6.45, 7) is 3.72. The van der Waals surface area contributed by atoms with E-state index < -0.39 is 0 Å². The topological polar surface area (TPSA) is 105 Å². The lowest BCUT2D eigenvalue weighted by atomic mass is 10.3. The van der Waals surface area contributed by atoms with Crippen molar-refractivity contribution < 1.29 is 9.84 Å². The highest BCUT2D eigenvalue weighted by Gasteiger charge is 2.01. The minimum Gasteiger partial charge on any atom is -0.394 e. The van der Waals surface area contributed by atoms with Crippen molar-refractivity contribution in [1.29, 1.82) is 0 Å². The van der Waals surface area contributed by atoms with Gasteiger partial charge in [-0.3, -0.25) is 5.43 Å². The SMILES string of the molecule is Cc1cnc(NN)nc1NCCCOCCO. The van der Waals surface area contributed by atoms with E-state index in [1.165, 1.54) is 0 Å². The van der Waals surface area contributed by atoms with Crippen LogP contribution in [0.4, 0.5) is 11.8 Å². The van der Waals surface area contributed by atoms with Crippen LogP contribution in [0, 0.1) is 6.92 Å². The van der Waals surface area contributed by atoms with Crippen molar-refractivity contribution in [3.8, 4) is 0 Å². The number of hydrogen-bond donors (Lipinski definition) is 4. The Bertz CT molecular complexity index is 334. The molecule has 96 valence electrons. The molecule has 0 fully saturated rings. The number of hydrogen-bond acceptors (Lipinski definition) is 7. The van der Waals surface area contributed by atoms with Crippen LogP contribution in [0.1, 0.15) is 12.0 Å². The molecule has 0 aliphatic heterocycles. The zero-order valence-corrected chi connectivity index (χ0v) is 9.94. The molecule has 17 heavy (non-hydrogen) atoms. The third-order valence-electron chi connectivity index (χ3n) is 2.09. The van der Waals surface area contributed by atoms with Crippen LogP contribution >= 0.6 is 0 Å². The maximum atomic E-state index is 8.52. The average Bonchev–Trinajstić information content (AvgIpc) is 2.35. The van der Waals surface area contributed by atoms with E-state index in [0.717, 1.165) is 24.3 Å². The molecule has 7 nitrogen and oxygen atoms in total. The van der Waals surface area contributed by atoms with Gasteiger partial charge >= 0.3 is 0 Å². The highest BCUT2D eigenvalue weighted by atomic mass is 16.5. The van der Waals surface area contributed by atoms with Gasteiger partial charge in [0, 0.05) is 24.9 Å². The molecule has 0 aliphatic carbocycles. The second-order valence-corrected chi connectivity index (χ2v) is 3.49. The Morgan fingerprint density at radius 1 is 1.47 bits per heavy atom. The molecular weight excluding hydrogens is 222 g/mol. The van der Waals surface area contributed by atoms with Gasteiger partial charge in [-0.25, -0.2) is 10.8 Å². The predicted octanol–water partition coefficient (Wildman–Crippen LogP) is -0.118.